The molecule has 1 aliphatic heterocycles. The summed E-state index contributed by atoms with van der Waals surface area (Å²) in [4.78, 5) is 25.7. The Balaban J connectivity index is 1.38. The van der Waals surface area contributed by atoms with Gasteiger partial charge in [-0.05, 0) is 56.4 Å². The number of hydrogen-bond acceptors (Lipinski definition) is 3. The number of alkyl halides is 3. The van der Waals surface area contributed by atoms with Crippen LogP contribution in [0.5, 0.6) is 5.75 Å². The number of benzene rings is 1. The smallest absolute Gasteiger partial charge is 0.408 e. The summed E-state index contributed by atoms with van der Waals surface area (Å²) in [5, 5.41) is 0. The molecule has 1 aromatic carbocycles. The van der Waals surface area contributed by atoms with Crippen molar-refractivity contribution in [3.63, 3.8) is 0 Å². The van der Waals surface area contributed by atoms with Crippen LogP contribution < -0.4 is 10.3 Å². The van der Waals surface area contributed by atoms with E-state index in [0.29, 0.717) is 24.6 Å². The highest BCUT2D eigenvalue weighted by atomic mass is 19.4. The predicted octanol–water partition coefficient (Wildman–Crippen LogP) is 3.90. The van der Waals surface area contributed by atoms with Crippen LogP contribution in [0.15, 0.2) is 41.2 Å². The van der Waals surface area contributed by atoms with Gasteiger partial charge in [0.1, 0.15) is 11.8 Å². The van der Waals surface area contributed by atoms with E-state index in [9.17, 15) is 22.8 Å². The predicted molar refractivity (Wildman–Crippen MR) is 117 cm³/mol. The average molecular weight is 458 g/mol. The number of rotatable bonds is 5. The van der Waals surface area contributed by atoms with Crippen molar-refractivity contribution in [1.82, 2.24) is 9.47 Å². The fraction of sp³-hybridized carbons (Fsp3) is 0.440. The molecule has 2 heterocycles. The topological polar surface area (TPSA) is 51.5 Å². The second-order valence-corrected chi connectivity index (χ2v) is 8.57. The van der Waals surface area contributed by atoms with E-state index in [-0.39, 0.29) is 24.3 Å². The van der Waals surface area contributed by atoms with E-state index < -0.39 is 24.7 Å². The Bertz CT molecular complexity index is 1140. The molecule has 0 bridgehead atoms. The van der Waals surface area contributed by atoms with Gasteiger partial charge in [0.25, 0.3) is 11.5 Å². The number of aryl methyl sites for hydroxylation is 1. The Morgan fingerprint density at radius 1 is 1.15 bits per heavy atom. The van der Waals surface area contributed by atoms with Crippen LogP contribution in [0.3, 0.4) is 0 Å². The number of carbonyl (C=O) groups is 1. The minimum Gasteiger partial charge on any atom is -0.484 e. The molecule has 2 aliphatic rings. The average Bonchev–Trinajstić information content (AvgIpc) is 3.45. The minimum absolute atomic E-state index is 0.0535. The van der Waals surface area contributed by atoms with Gasteiger partial charge in [-0.1, -0.05) is 24.0 Å². The second kappa shape index (κ2) is 9.34. The van der Waals surface area contributed by atoms with E-state index in [4.69, 9.17) is 4.74 Å². The van der Waals surface area contributed by atoms with Crippen molar-refractivity contribution in [2.75, 3.05) is 13.2 Å². The van der Waals surface area contributed by atoms with Crippen molar-refractivity contribution in [2.24, 2.45) is 5.92 Å². The fourth-order valence-electron chi connectivity index (χ4n) is 3.91. The standard InChI is InChI=1S/C25H25F3N2O3/c1-17-13-21(33-16-24(32)29-12-2-3-22(29)25(26,27)28)14-23(31)30(17)15-20-10-8-19(9-11-20)7-6-18-4-5-18/h8-11,13-14,18,22H,2-5,12,15-16H2,1H3/t22-/m1/s1. The van der Waals surface area contributed by atoms with Crippen LogP contribution in [-0.4, -0.2) is 40.7 Å². The summed E-state index contributed by atoms with van der Waals surface area (Å²) in [6.45, 7) is 1.61. The van der Waals surface area contributed by atoms with Crippen molar-refractivity contribution < 1.29 is 22.7 Å². The lowest BCUT2D eigenvalue weighted by molar-refractivity contribution is -0.183. The highest BCUT2D eigenvalue weighted by molar-refractivity contribution is 5.78. The van der Waals surface area contributed by atoms with Gasteiger partial charge in [-0.2, -0.15) is 13.2 Å². The van der Waals surface area contributed by atoms with Crippen molar-refractivity contribution >= 4 is 5.91 Å². The summed E-state index contributed by atoms with van der Waals surface area (Å²) in [5.41, 5.74) is 2.18. The molecule has 2 aromatic rings. The first kappa shape index (κ1) is 23.0. The third-order valence-electron chi connectivity index (χ3n) is 5.91. The number of aromatic nitrogens is 1. The number of pyridine rings is 1. The summed E-state index contributed by atoms with van der Waals surface area (Å²) in [6.07, 6.45) is -1.90. The fourth-order valence-corrected chi connectivity index (χ4v) is 3.91. The lowest BCUT2D eigenvalue weighted by Crippen LogP contribution is -2.46. The van der Waals surface area contributed by atoms with Gasteiger partial charge in [-0.15, -0.1) is 0 Å². The van der Waals surface area contributed by atoms with Crippen molar-refractivity contribution in [1.29, 1.82) is 0 Å². The molecule has 1 aromatic heterocycles. The number of carbonyl (C=O) groups excluding carboxylic acids is 1. The molecule has 1 amide bonds. The molecular formula is C25H25F3N2O3. The Labute approximate surface area is 190 Å². The van der Waals surface area contributed by atoms with E-state index in [2.05, 4.69) is 11.8 Å². The van der Waals surface area contributed by atoms with Crippen LogP contribution in [0.25, 0.3) is 0 Å². The lowest BCUT2D eigenvalue weighted by Gasteiger charge is -2.26. The Kier molecular flexibility index (Phi) is 6.50. The first-order chi connectivity index (χ1) is 15.7. The molecule has 1 atom stereocenters. The van der Waals surface area contributed by atoms with Gasteiger partial charge >= 0.3 is 6.18 Å². The van der Waals surface area contributed by atoms with E-state index in [1.165, 1.54) is 18.9 Å². The lowest BCUT2D eigenvalue weighted by atomic mass is 10.1. The van der Waals surface area contributed by atoms with Gasteiger partial charge in [0.05, 0.1) is 6.54 Å². The third kappa shape index (κ3) is 5.78. The molecular weight excluding hydrogens is 433 g/mol. The molecule has 8 heteroatoms. The molecule has 0 spiro atoms. The summed E-state index contributed by atoms with van der Waals surface area (Å²) in [5.74, 6) is 6.32. The summed E-state index contributed by atoms with van der Waals surface area (Å²) >= 11 is 0. The normalized spacial score (nSPS) is 18.1. The molecule has 1 aliphatic carbocycles. The minimum atomic E-state index is -4.45. The van der Waals surface area contributed by atoms with Gasteiger partial charge in [0.2, 0.25) is 0 Å². The molecule has 5 nitrogen and oxygen atoms in total. The number of nitrogens with zero attached hydrogens (tertiary/aromatic N) is 2. The highest BCUT2D eigenvalue weighted by Crippen LogP contribution is 2.32. The summed E-state index contributed by atoms with van der Waals surface area (Å²) in [7, 11) is 0. The largest absolute Gasteiger partial charge is 0.484 e. The van der Waals surface area contributed by atoms with Crippen LogP contribution in [0, 0.1) is 24.7 Å². The SMILES string of the molecule is Cc1cc(OCC(=O)N2CCC[C@@H]2C(F)(F)F)cc(=O)n1Cc1ccc(C#CC2CC2)cc1. The number of halogens is 3. The molecule has 0 unspecified atom stereocenters. The number of ether oxygens (including phenoxy) is 1. The zero-order valence-electron chi connectivity index (χ0n) is 18.3. The zero-order valence-corrected chi connectivity index (χ0v) is 18.3. The Morgan fingerprint density at radius 2 is 1.88 bits per heavy atom. The van der Waals surface area contributed by atoms with Crippen LogP contribution in [-0.2, 0) is 11.3 Å². The van der Waals surface area contributed by atoms with Crippen LogP contribution in [0.2, 0.25) is 0 Å². The van der Waals surface area contributed by atoms with Crippen LogP contribution >= 0.6 is 0 Å². The molecule has 2 fully saturated rings. The quantitative estimate of drug-likeness (QED) is 0.639. The van der Waals surface area contributed by atoms with Crippen molar-refractivity contribution in [3.05, 3.63) is 63.6 Å². The summed E-state index contributed by atoms with van der Waals surface area (Å²) < 4.78 is 46.2. The van der Waals surface area contributed by atoms with E-state index >= 15 is 0 Å². The number of amides is 1. The van der Waals surface area contributed by atoms with Crippen molar-refractivity contribution in [2.45, 2.75) is 51.4 Å². The summed E-state index contributed by atoms with van der Waals surface area (Å²) in [6, 6.07) is 8.81. The van der Waals surface area contributed by atoms with Gasteiger partial charge in [0, 0.05) is 29.8 Å². The van der Waals surface area contributed by atoms with Gasteiger partial charge in [-0.25, -0.2) is 0 Å². The van der Waals surface area contributed by atoms with Crippen molar-refractivity contribution in [3.8, 4) is 17.6 Å². The van der Waals surface area contributed by atoms with Gasteiger partial charge in [0.15, 0.2) is 6.61 Å². The maximum Gasteiger partial charge on any atom is 0.408 e. The van der Waals surface area contributed by atoms with Crippen LogP contribution in [0.1, 0.15) is 42.5 Å². The maximum atomic E-state index is 13.1. The zero-order chi connectivity index (χ0) is 23.6. The first-order valence-electron chi connectivity index (χ1n) is 11.0. The number of likely N-dealkylation sites (tertiary alicyclic amines) is 1. The Hall–Kier alpha value is -3.21. The third-order valence-corrected chi connectivity index (χ3v) is 5.91. The monoisotopic (exact) mass is 458 g/mol. The van der Waals surface area contributed by atoms with E-state index in [1.54, 1.807) is 17.6 Å². The van der Waals surface area contributed by atoms with E-state index in [1.807, 2.05) is 24.3 Å². The highest BCUT2D eigenvalue weighted by Gasteiger charge is 2.47. The molecule has 33 heavy (non-hydrogen) atoms. The van der Waals surface area contributed by atoms with Gasteiger partial charge < -0.3 is 14.2 Å². The molecule has 1 saturated carbocycles. The molecule has 0 radical (unpaired) electrons. The Morgan fingerprint density at radius 3 is 2.52 bits per heavy atom. The first-order valence-corrected chi connectivity index (χ1v) is 11.0. The number of hydrogen-bond donors (Lipinski definition) is 0. The molecule has 1 saturated heterocycles. The molecule has 0 N–H and O–H groups in total. The second-order valence-electron chi connectivity index (χ2n) is 8.57. The van der Waals surface area contributed by atoms with E-state index in [0.717, 1.165) is 16.0 Å². The molecule has 4 rings (SSSR count). The molecule has 174 valence electrons. The maximum absolute atomic E-state index is 13.1. The van der Waals surface area contributed by atoms with Crippen LogP contribution in [0.4, 0.5) is 13.2 Å². The van der Waals surface area contributed by atoms with Gasteiger partial charge in [-0.3, -0.25) is 9.59 Å².